The van der Waals surface area contributed by atoms with E-state index < -0.39 is 0 Å². The fourth-order valence-electron chi connectivity index (χ4n) is 4.02. The molecule has 1 aromatic carbocycles. The van der Waals surface area contributed by atoms with Gasteiger partial charge in [0.2, 0.25) is 5.13 Å². The van der Waals surface area contributed by atoms with Gasteiger partial charge in [0.15, 0.2) is 0 Å². The number of carbonyl (C=O) groups is 1. The van der Waals surface area contributed by atoms with Crippen LogP contribution in [0.25, 0.3) is 10.9 Å². The third-order valence-corrected chi connectivity index (χ3v) is 6.07. The number of rotatable bonds is 5. The first-order valence-corrected chi connectivity index (χ1v) is 10.4. The van der Waals surface area contributed by atoms with Gasteiger partial charge in [-0.15, -0.1) is 10.2 Å². The van der Waals surface area contributed by atoms with Gasteiger partial charge in [-0.2, -0.15) is 0 Å². The highest BCUT2D eigenvalue weighted by molar-refractivity contribution is 7.15. The maximum Gasteiger partial charge on any atom is 0.270 e. The van der Waals surface area contributed by atoms with Crippen LogP contribution in [0.2, 0.25) is 0 Å². The Morgan fingerprint density at radius 3 is 2.93 bits per heavy atom. The van der Waals surface area contributed by atoms with E-state index in [1.54, 1.807) is 11.3 Å². The minimum absolute atomic E-state index is 0.0890. The molecule has 0 unspecified atom stereocenters. The average Bonchev–Trinajstić information content (AvgIpc) is 3.28. The molecule has 7 heteroatoms. The Bertz CT molecular complexity index is 900. The Morgan fingerprint density at radius 1 is 1.33 bits per heavy atom. The molecule has 0 radical (unpaired) electrons. The van der Waals surface area contributed by atoms with Crippen molar-refractivity contribution in [1.29, 1.82) is 0 Å². The van der Waals surface area contributed by atoms with Crippen molar-refractivity contribution in [2.75, 3.05) is 11.9 Å². The number of amides is 1. The number of benzene rings is 1. The van der Waals surface area contributed by atoms with Gasteiger partial charge in [-0.25, -0.2) is 0 Å². The summed E-state index contributed by atoms with van der Waals surface area (Å²) in [6, 6.07) is 10.6. The van der Waals surface area contributed by atoms with Crippen molar-refractivity contribution in [3.8, 4) is 0 Å². The van der Waals surface area contributed by atoms with Crippen LogP contribution in [0.5, 0.6) is 0 Å². The van der Waals surface area contributed by atoms with Crippen molar-refractivity contribution in [1.82, 2.24) is 20.1 Å². The quantitative estimate of drug-likeness (QED) is 0.692. The van der Waals surface area contributed by atoms with Crippen LogP contribution in [0.4, 0.5) is 5.13 Å². The molecule has 2 N–H and O–H groups in total. The molecule has 6 nitrogen and oxygen atoms in total. The predicted molar refractivity (Wildman–Crippen MR) is 109 cm³/mol. The van der Waals surface area contributed by atoms with E-state index in [1.807, 2.05) is 42.2 Å². The molecule has 2 atom stereocenters. The molecule has 0 spiro atoms. The zero-order valence-electron chi connectivity index (χ0n) is 15.7. The molecule has 4 rings (SSSR count). The zero-order valence-corrected chi connectivity index (χ0v) is 16.6. The van der Waals surface area contributed by atoms with Crippen LogP contribution in [0.15, 0.2) is 30.3 Å². The fraction of sp³-hybridized carbons (Fsp3) is 0.450. The number of aromatic nitrogens is 3. The first-order chi connectivity index (χ1) is 13.1. The number of carbonyl (C=O) groups excluding carboxylic acids is 1. The molecule has 1 fully saturated rings. The van der Waals surface area contributed by atoms with E-state index in [4.69, 9.17) is 0 Å². The second-order valence-electron chi connectivity index (χ2n) is 7.15. The van der Waals surface area contributed by atoms with Gasteiger partial charge in [0.25, 0.3) is 5.91 Å². The summed E-state index contributed by atoms with van der Waals surface area (Å²) >= 11 is 1.58. The fourth-order valence-corrected chi connectivity index (χ4v) is 4.69. The maximum absolute atomic E-state index is 13.2. The molecular formula is C20H25N5OS. The highest BCUT2D eigenvalue weighted by Gasteiger charge is 2.30. The van der Waals surface area contributed by atoms with Crippen LogP contribution in [0.1, 0.15) is 48.1 Å². The standard InChI is InChI=1S/C20H25N5OS/c1-3-25(19(26)18-11-14-7-4-5-10-17(14)22-18)16-9-6-8-15(12-16)21-20-24-23-13(2)27-20/h4-5,7,10-11,15-16,22H,3,6,8-9,12H2,1-2H3,(H,21,24)/t15-,16+/m1/s1. The van der Waals surface area contributed by atoms with Crippen molar-refractivity contribution >= 4 is 33.3 Å². The van der Waals surface area contributed by atoms with E-state index in [0.717, 1.165) is 46.7 Å². The third-order valence-electron chi connectivity index (χ3n) is 5.30. The van der Waals surface area contributed by atoms with Gasteiger partial charge in [0, 0.05) is 29.5 Å². The number of hydrogen-bond acceptors (Lipinski definition) is 5. The lowest BCUT2D eigenvalue weighted by Gasteiger charge is -2.37. The summed E-state index contributed by atoms with van der Waals surface area (Å²) in [6.07, 6.45) is 4.20. The van der Waals surface area contributed by atoms with Gasteiger partial charge >= 0.3 is 0 Å². The largest absolute Gasteiger partial charge is 0.357 e. The number of aryl methyl sites for hydroxylation is 1. The summed E-state index contributed by atoms with van der Waals surface area (Å²) < 4.78 is 0. The molecule has 1 aliphatic carbocycles. The topological polar surface area (TPSA) is 73.9 Å². The van der Waals surface area contributed by atoms with E-state index in [-0.39, 0.29) is 11.9 Å². The minimum Gasteiger partial charge on any atom is -0.357 e. The lowest BCUT2D eigenvalue weighted by molar-refractivity contribution is 0.0637. The van der Waals surface area contributed by atoms with Crippen LogP contribution in [-0.2, 0) is 0 Å². The lowest BCUT2D eigenvalue weighted by Crippen LogP contribution is -2.45. The van der Waals surface area contributed by atoms with Crippen LogP contribution in [0.3, 0.4) is 0 Å². The van der Waals surface area contributed by atoms with Crippen LogP contribution in [0, 0.1) is 6.92 Å². The molecular weight excluding hydrogens is 358 g/mol. The minimum atomic E-state index is 0.0890. The summed E-state index contributed by atoms with van der Waals surface area (Å²) in [6.45, 7) is 4.74. The highest BCUT2D eigenvalue weighted by atomic mass is 32.1. The molecule has 2 aromatic heterocycles. The molecule has 142 valence electrons. The molecule has 27 heavy (non-hydrogen) atoms. The number of fused-ring (bicyclic) bond motifs is 1. The second-order valence-corrected chi connectivity index (χ2v) is 8.33. The number of para-hydroxylation sites is 1. The monoisotopic (exact) mass is 383 g/mol. The smallest absolute Gasteiger partial charge is 0.270 e. The van der Waals surface area contributed by atoms with Crippen LogP contribution < -0.4 is 5.32 Å². The molecule has 2 heterocycles. The second kappa shape index (κ2) is 7.68. The van der Waals surface area contributed by atoms with E-state index in [1.165, 1.54) is 0 Å². The summed E-state index contributed by atoms with van der Waals surface area (Å²) in [4.78, 5) is 18.5. The molecule has 1 aliphatic rings. The van der Waals surface area contributed by atoms with Crippen molar-refractivity contribution < 1.29 is 4.79 Å². The van der Waals surface area contributed by atoms with Crippen molar-refractivity contribution in [2.45, 2.75) is 51.6 Å². The molecule has 3 aromatic rings. The summed E-state index contributed by atoms with van der Waals surface area (Å²) in [5.41, 5.74) is 1.68. The first-order valence-electron chi connectivity index (χ1n) is 9.59. The Morgan fingerprint density at radius 2 is 2.19 bits per heavy atom. The SMILES string of the molecule is CCN(C(=O)c1cc2ccccc2[nH]1)[C@H]1CCC[C@@H](Nc2nnc(C)s2)C1. The first kappa shape index (κ1) is 18.0. The number of aromatic amines is 1. The molecule has 0 saturated heterocycles. The normalized spacial score (nSPS) is 19.9. The Labute approximate surface area is 163 Å². The predicted octanol–water partition coefficient (Wildman–Crippen LogP) is 4.21. The Balaban J connectivity index is 1.48. The van der Waals surface area contributed by atoms with Gasteiger partial charge in [0.05, 0.1) is 0 Å². The lowest BCUT2D eigenvalue weighted by atomic mass is 9.90. The Hall–Kier alpha value is -2.41. The molecule has 0 bridgehead atoms. The Kier molecular flexibility index (Phi) is 5.11. The van der Waals surface area contributed by atoms with Gasteiger partial charge in [-0.1, -0.05) is 29.5 Å². The van der Waals surface area contributed by atoms with Gasteiger partial charge < -0.3 is 15.2 Å². The van der Waals surface area contributed by atoms with Crippen molar-refractivity contribution in [3.63, 3.8) is 0 Å². The molecule has 0 aliphatic heterocycles. The highest BCUT2D eigenvalue weighted by Crippen LogP contribution is 2.28. The van der Waals surface area contributed by atoms with E-state index in [2.05, 4.69) is 27.4 Å². The number of anilines is 1. The van der Waals surface area contributed by atoms with Gasteiger partial charge in [-0.05, 0) is 51.7 Å². The van der Waals surface area contributed by atoms with E-state index >= 15 is 0 Å². The van der Waals surface area contributed by atoms with Crippen LogP contribution in [-0.4, -0.2) is 44.6 Å². The summed E-state index contributed by atoms with van der Waals surface area (Å²) in [7, 11) is 0. The summed E-state index contributed by atoms with van der Waals surface area (Å²) in [5, 5.41) is 14.7. The third kappa shape index (κ3) is 3.83. The van der Waals surface area contributed by atoms with E-state index in [9.17, 15) is 4.79 Å². The average molecular weight is 384 g/mol. The van der Waals surface area contributed by atoms with E-state index in [0.29, 0.717) is 18.3 Å². The number of nitrogens with one attached hydrogen (secondary N) is 2. The van der Waals surface area contributed by atoms with Crippen molar-refractivity contribution in [3.05, 3.63) is 41.0 Å². The van der Waals surface area contributed by atoms with Gasteiger partial charge in [-0.3, -0.25) is 4.79 Å². The number of H-pyrrole nitrogens is 1. The number of nitrogens with zero attached hydrogens (tertiary/aromatic N) is 3. The van der Waals surface area contributed by atoms with Crippen LogP contribution >= 0.6 is 11.3 Å². The van der Waals surface area contributed by atoms with Crippen molar-refractivity contribution in [2.24, 2.45) is 0 Å². The molecule has 1 saturated carbocycles. The maximum atomic E-state index is 13.2. The zero-order chi connectivity index (χ0) is 18.8. The van der Waals surface area contributed by atoms with Gasteiger partial charge in [0.1, 0.15) is 10.7 Å². The summed E-state index contributed by atoms with van der Waals surface area (Å²) in [5.74, 6) is 0.0890. The number of hydrogen-bond donors (Lipinski definition) is 2. The molecule has 1 amide bonds.